The van der Waals surface area contributed by atoms with Gasteiger partial charge in [0.05, 0.1) is 19.1 Å². The molecule has 0 unspecified atom stereocenters. The predicted molar refractivity (Wildman–Crippen MR) is 127 cm³/mol. The zero-order valence-electron chi connectivity index (χ0n) is 18.0. The van der Waals surface area contributed by atoms with Crippen molar-refractivity contribution in [2.24, 2.45) is 4.99 Å². The minimum Gasteiger partial charge on any atom is -0.497 e. The van der Waals surface area contributed by atoms with E-state index >= 15 is 0 Å². The Kier molecular flexibility index (Phi) is 5.81. The van der Waals surface area contributed by atoms with Crippen LogP contribution in [0.15, 0.2) is 65.0 Å². The van der Waals surface area contributed by atoms with Crippen molar-refractivity contribution in [2.45, 2.75) is 12.8 Å². The summed E-state index contributed by atoms with van der Waals surface area (Å²) >= 11 is 1.63. The summed E-state index contributed by atoms with van der Waals surface area (Å²) in [4.78, 5) is 23.2. The molecule has 1 amide bonds. The summed E-state index contributed by atoms with van der Waals surface area (Å²) in [6.07, 6.45) is 1.37. The third-order valence-corrected chi connectivity index (χ3v) is 6.67. The molecule has 2 aliphatic heterocycles. The second-order valence-electron chi connectivity index (χ2n) is 7.84. The molecular weight excluding hydrogens is 422 g/mol. The van der Waals surface area contributed by atoms with Crippen molar-refractivity contribution in [3.8, 4) is 17.2 Å². The summed E-state index contributed by atoms with van der Waals surface area (Å²) in [6.45, 7) is 2.99. The van der Waals surface area contributed by atoms with Crippen molar-refractivity contribution in [3.05, 3.63) is 70.4 Å². The van der Waals surface area contributed by atoms with E-state index in [4.69, 9.17) is 14.5 Å². The van der Waals surface area contributed by atoms with E-state index < -0.39 is 0 Å². The minimum atomic E-state index is 0.191. The molecule has 1 saturated heterocycles. The van der Waals surface area contributed by atoms with Gasteiger partial charge in [-0.25, -0.2) is 4.99 Å². The fraction of sp³-hybridized carbons (Fsp3) is 0.280. The molecular formula is C25H25N3O3S. The average molecular weight is 448 g/mol. The molecule has 2 aliphatic rings. The number of nitrogens with zero attached hydrogens (tertiary/aromatic N) is 3. The Balaban J connectivity index is 1.42. The van der Waals surface area contributed by atoms with Crippen molar-refractivity contribution in [1.82, 2.24) is 9.80 Å². The second kappa shape index (κ2) is 9.04. The topological polar surface area (TPSA) is 54.4 Å². The van der Waals surface area contributed by atoms with E-state index in [1.54, 1.807) is 18.4 Å². The Hall–Kier alpha value is -3.32. The lowest BCUT2D eigenvalue weighted by Gasteiger charge is -2.25. The number of thiophene rings is 1. The van der Waals surface area contributed by atoms with Crippen LogP contribution in [0, 0.1) is 0 Å². The monoisotopic (exact) mass is 447 g/mol. The maximum Gasteiger partial charge on any atom is 0.227 e. The highest BCUT2D eigenvalue weighted by atomic mass is 32.1. The standard InChI is InChI=1S/C25H25N3O3S/c1-30-18-9-10-20-23(16-18)31-22-8-3-2-7-21(22)26-25(20)28-12-5-11-27(13-14-28)24(29)17-19-6-4-15-32-19/h2-4,6-10,15-16H,5,11-14,17H2,1H3. The van der Waals surface area contributed by atoms with E-state index in [9.17, 15) is 4.79 Å². The van der Waals surface area contributed by atoms with Crippen molar-refractivity contribution in [1.29, 1.82) is 0 Å². The van der Waals surface area contributed by atoms with E-state index in [-0.39, 0.29) is 5.91 Å². The summed E-state index contributed by atoms with van der Waals surface area (Å²) in [7, 11) is 1.65. The predicted octanol–water partition coefficient (Wildman–Crippen LogP) is 4.72. The van der Waals surface area contributed by atoms with Gasteiger partial charge in [-0.15, -0.1) is 11.3 Å². The lowest BCUT2D eigenvalue weighted by Crippen LogP contribution is -2.38. The highest BCUT2D eigenvalue weighted by Crippen LogP contribution is 2.39. The normalized spacial score (nSPS) is 15.6. The Morgan fingerprint density at radius 3 is 2.81 bits per heavy atom. The number of ether oxygens (including phenoxy) is 2. The van der Waals surface area contributed by atoms with Crippen LogP contribution in [-0.4, -0.2) is 54.8 Å². The molecule has 32 heavy (non-hydrogen) atoms. The Labute approximate surface area is 191 Å². The molecule has 0 radical (unpaired) electrons. The Morgan fingerprint density at radius 1 is 1.06 bits per heavy atom. The summed E-state index contributed by atoms with van der Waals surface area (Å²) < 4.78 is 11.6. The van der Waals surface area contributed by atoms with Gasteiger partial charge in [0.25, 0.3) is 0 Å². The molecule has 0 N–H and O–H groups in total. The molecule has 3 aromatic rings. The van der Waals surface area contributed by atoms with Crippen LogP contribution in [-0.2, 0) is 11.2 Å². The molecule has 5 rings (SSSR count). The number of para-hydroxylation sites is 2. The van der Waals surface area contributed by atoms with Crippen LogP contribution in [0.1, 0.15) is 16.9 Å². The molecule has 0 bridgehead atoms. The van der Waals surface area contributed by atoms with Crippen LogP contribution in [0.25, 0.3) is 0 Å². The zero-order chi connectivity index (χ0) is 21.9. The van der Waals surface area contributed by atoms with Crippen molar-refractivity contribution >= 4 is 28.8 Å². The minimum absolute atomic E-state index is 0.191. The number of rotatable bonds is 3. The van der Waals surface area contributed by atoms with E-state index in [0.29, 0.717) is 13.0 Å². The van der Waals surface area contributed by atoms with Crippen LogP contribution >= 0.6 is 11.3 Å². The highest BCUT2D eigenvalue weighted by molar-refractivity contribution is 7.10. The van der Waals surface area contributed by atoms with Crippen molar-refractivity contribution < 1.29 is 14.3 Å². The highest BCUT2D eigenvalue weighted by Gasteiger charge is 2.26. The van der Waals surface area contributed by atoms with Gasteiger partial charge in [-0.2, -0.15) is 0 Å². The van der Waals surface area contributed by atoms with Gasteiger partial charge < -0.3 is 19.3 Å². The van der Waals surface area contributed by atoms with Crippen LogP contribution < -0.4 is 9.47 Å². The van der Waals surface area contributed by atoms with Crippen LogP contribution in [0.5, 0.6) is 17.2 Å². The third kappa shape index (κ3) is 4.21. The van der Waals surface area contributed by atoms with Gasteiger partial charge >= 0.3 is 0 Å². The summed E-state index contributed by atoms with van der Waals surface area (Å²) in [5, 5.41) is 2.02. The Bertz CT molecular complexity index is 1140. The number of hydrogen-bond donors (Lipinski definition) is 0. The van der Waals surface area contributed by atoms with Crippen LogP contribution in [0.3, 0.4) is 0 Å². The number of amidine groups is 1. The van der Waals surface area contributed by atoms with Gasteiger partial charge in [0.15, 0.2) is 5.75 Å². The smallest absolute Gasteiger partial charge is 0.227 e. The fourth-order valence-electron chi connectivity index (χ4n) is 4.12. The summed E-state index contributed by atoms with van der Waals surface area (Å²) in [5.41, 5.74) is 1.73. The molecule has 1 fully saturated rings. The van der Waals surface area contributed by atoms with Crippen LogP contribution in [0.4, 0.5) is 5.69 Å². The van der Waals surface area contributed by atoms with Gasteiger partial charge in [0.1, 0.15) is 23.0 Å². The number of hydrogen-bond acceptors (Lipinski definition) is 6. The molecule has 0 spiro atoms. The first kappa shape index (κ1) is 20.6. The summed E-state index contributed by atoms with van der Waals surface area (Å²) in [5.74, 6) is 3.25. The van der Waals surface area contributed by atoms with Crippen molar-refractivity contribution in [3.63, 3.8) is 0 Å². The molecule has 3 heterocycles. The van der Waals surface area contributed by atoms with Gasteiger partial charge in [0.2, 0.25) is 5.91 Å². The van der Waals surface area contributed by atoms with Gasteiger partial charge in [-0.1, -0.05) is 18.2 Å². The number of aliphatic imine (C=N–C) groups is 1. The largest absolute Gasteiger partial charge is 0.497 e. The first-order chi connectivity index (χ1) is 15.7. The molecule has 0 atom stereocenters. The average Bonchev–Trinajstić information content (AvgIpc) is 3.12. The number of fused-ring (bicyclic) bond motifs is 2. The van der Waals surface area contributed by atoms with E-state index in [1.807, 2.05) is 64.9 Å². The van der Waals surface area contributed by atoms with E-state index in [0.717, 1.165) is 65.3 Å². The van der Waals surface area contributed by atoms with E-state index in [1.165, 1.54) is 0 Å². The van der Waals surface area contributed by atoms with E-state index in [2.05, 4.69) is 4.90 Å². The molecule has 0 aliphatic carbocycles. The first-order valence-electron chi connectivity index (χ1n) is 10.8. The number of amides is 1. The van der Waals surface area contributed by atoms with Crippen LogP contribution in [0.2, 0.25) is 0 Å². The van der Waals surface area contributed by atoms with Crippen molar-refractivity contribution in [2.75, 3.05) is 33.3 Å². The SMILES string of the molecule is COc1ccc2c(c1)Oc1ccccc1N=C2N1CCCN(C(=O)Cc2cccs2)CC1. The first-order valence-corrected chi connectivity index (χ1v) is 11.7. The van der Waals surface area contributed by atoms with Gasteiger partial charge in [0, 0.05) is 37.1 Å². The molecule has 7 heteroatoms. The second-order valence-corrected chi connectivity index (χ2v) is 8.88. The zero-order valence-corrected chi connectivity index (χ0v) is 18.8. The van der Waals surface area contributed by atoms with Gasteiger partial charge in [-0.3, -0.25) is 4.79 Å². The lowest BCUT2D eigenvalue weighted by molar-refractivity contribution is -0.130. The maximum atomic E-state index is 12.8. The quantitative estimate of drug-likeness (QED) is 0.583. The Morgan fingerprint density at radius 2 is 1.97 bits per heavy atom. The molecule has 164 valence electrons. The summed E-state index contributed by atoms with van der Waals surface area (Å²) in [6, 6.07) is 17.7. The fourth-order valence-corrected chi connectivity index (χ4v) is 4.82. The number of methoxy groups -OCH3 is 1. The molecule has 1 aromatic heterocycles. The number of carbonyl (C=O) groups excluding carboxylic acids is 1. The lowest BCUT2D eigenvalue weighted by atomic mass is 10.1. The number of benzene rings is 2. The third-order valence-electron chi connectivity index (χ3n) is 5.79. The van der Waals surface area contributed by atoms with Gasteiger partial charge in [-0.05, 0) is 42.1 Å². The molecule has 2 aromatic carbocycles. The molecule has 0 saturated carbocycles. The number of carbonyl (C=O) groups is 1. The maximum absolute atomic E-state index is 12.8. The molecule has 6 nitrogen and oxygen atoms in total.